The number of hydrogen-bond donors (Lipinski definition) is 1. The Morgan fingerprint density at radius 3 is 1.94 bits per heavy atom. The third kappa shape index (κ3) is 2.62. The highest BCUT2D eigenvalue weighted by Crippen LogP contribution is 2.41. The molecule has 0 aromatic heterocycles. The smallest absolute Gasteiger partial charge is 0.309 e. The maximum atomic E-state index is 11.6. The van der Waals surface area contributed by atoms with E-state index in [-0.39, 0.29) is 18.0 Å². The number of carbonyl (C=O) groups is 3. The van der Waals surface area contributed by atoms with Crippen molar-refractivity contribution in [2.75, 3.05) is 0 Å². The molecular weight excluding hydrogens is 220 g/mol. The summed E-state index contributed by atoms with van der Waals surface area (Å²) < 4.78 is 0. The highest BCUT2D eigenvalue weighted by atomic mass is 16.4. The van der Waals surface area contributed by atoms with Gasteiger partial charge in [-0.25, -0.2) is 0 Å². The van der Waals surface area contributed by atoms with Crippen molar-refractivity contribution >= 4 is 17.5 Å². The quantitative estimate of drug-likeness (QED) is 0.758. The van der Waals surface area contributed by atoms with Crippen LogP contribution < -0.4 is 0 Å². The summed E-state index contributed by atoms with van der Waals surface area (Å²) in [5.74, 6) is -2.10. The molecule has 0 aromatic carbocycles. The lowest BCUT2D eigenvalue weighted by molar-refractivity contribution is -0.150. The fourth-order valence-electron chi connectivity index (χ4n) is 2.58. The average Bonchev–Trinajstić information content (AvgIpc) is 2.44. The molecule has 0 aliphatic heterocycles. The van der Waals surface area contributed by atoms with Crippen molar-refractivity contribution in [3.8, 4) is 0 Å². The normalized spacial score (nSPS) is 17.9. The summed E-state index contributed by atoms with van der Waals surface area (Å²) in [4.78, 5) is 34.4. The van der Waals surface area contributed by atoms with Crippen molar-refractivity contribution in [2.45, 2.75) is 34.1 Å². The number of rotatable bonds is 4. The van der Waals surface area contributed by atoms with Crippen molar-refractivity contribution < 1.29 is 19.5 Å². The molecule has 1 N–H and O–H groups in total. The second-order valence-corrected chi connectivity index (χ2v) is 5.93. The second-order valence-electron chi connectivity index (χ2n) is 5.93. The van der Waals surface area contributed by atoms with E-state index < -0.39 is 22.7 Å². The Hall–Kier alpha value is -1.45. The van der Waals surface area contributed by atoms with Gasteiger partial charge in [0.1, 0.15) is 0 Å². The van der Waals surface area contributed by atoms with Gasteiger partial charge in [0.15, 0.2) is 11.6 Å². The van der Waals surface area contributed by atoms with E-state index in [0.29, 0.717) is 0 Å². The number of carboxylic acids is 1. The molecule has 0 radical (unpaired) electrons. The lowest BCUT2D eigenvalue weighted by Crippen LogP contribution is -2.39. The third-order valence-electron chi connectivity index (χ3n) is 3.24. The van der Waals surface area contributed by atoms with Crippen LogP contribution in [0.5, 0.6) is 0 Å². The Bertz CT molecular complexity index is 384. The molecule has 0 amide bonds. The number of hydrogen-bond acceptors (Lipinski definition) is 3. The summed E-state index contributed by atoms with van der Waals surface area (Å²) in [6, 6.07) is 0. The van der Waals surface area contributed by atoms with Gasteiger partial charge >= 0.3 is 5.97 Å². The fourth-order valence-corrected chi connectivity index (χ4v) is 2.58. The molecule has 0 fully saturated rings. The molecule has 94 valence electrons. The van der Waals surface area contributed by atoms with Crippen LogP contribution in [0.1, 0.15) is 34.1 Å². The zero-order chi connectivity index (χ0) is 13.4. The Balaban J connectivity index is 2.93. The van der Waals surface area contributed by atoms with Gasteiger partial charge in [-0.2, -0.15) is 0 Å². The molecule has 0 saturated heterocycles. The van der Waals surface area contributed by atoms with Crippen LogP contribution in [-0.2, 0) is 14.4 Å². The van der Waals surface area contributed by atoms with Gasteiger partial charge < -0.3 is 5.11 Å². The minimum Gasteiger partial charge on any atom is -0.481 e. The molecule has 17 heavy (non-hydrogen) atoms. The number of ketones is 2. The predicted octanol–water partition coefficient (Wildman–Crippen LogP) is 1.84. The molecular formula is C13H18O4. The van der Waals surface area contributed by atoms with Crippen molar-refractivity contribution in [3.63, 3.8) is 0 Å². The van der Waals surface area contributed by atoms with Gasteiger partial charge in [0.25, 0.3) is 0 Å². The molecule has 0 bridgehead atoms. The molecule has 1 aliphatic rings. The summed E-state index contributed by atoms with van der Waals surface area (Å²) in [6.07, 6.45) is 2.84. The lowest BCUT2D eigenvalue weighted by Gasteiger charge is -2.35. The van der Waals surface area contributed by atoms with E-state index in [0.717, 1.165) is 0 Å². The molecule has 0 unspecified atom stereocenters. The highest BCUT2D eigenvalue weighted by Gasteiger charge is 2.45. The van der Waals surface area contributed by atoms with Gasteiger partial charge in [-0.1, -0.05) is 13.8 Å². The second kappa shape index (κ2) is 4.09. The van der Waals surface area contributed by atoms with E-state index in [2.05, 4.69) is 0 Å². The first-order chi connectivity index (χ1) is 7.58. The monoisotopic (exact) mass is 238 g/mol. The first-order valence-electron chi connectivity index (χ1n) is 5.57. The maximum Gasteiger partial charge on any atom is 0.309 e. The Morgan fingerprint density at radius 2 is 1.59 bits per heavy atom. The maximum absolute atomic E-state index is 11.6. The minimum absolute atomic E-state index is 0.221. The van der Waals surface area contributed by atoms with Crippen molar-refractivity contribution in [1.82, 2.24) is 0 Å². The van der Waals surface area contributed by atoms with Crippen LogP contribution in [0.3, 0.4) is 0 Å². The van der Waals surface area contributed by atoms with E-state index >= 15 is 0 Å². The molecule has 0 spiro atoms. The Labute approximate surface area is 101 Å². The summed E-state index contributed by atoms with van der Waals surface area (Å²) in [7, 11) is 0. The van der Waals surface area contributed by atoms with Crippen LogP contribution in [0.25, 0.3) is 0 Å². The van der Waals surface area contributed by atoms with E-state index in [1.165, 1.54) is 12.2 Å². The lowest BCUT2D eigenvalue weighted by atomic mass is 9.67. The summed E-state index contributed by atoms with van der Waals surface area (Å²) in [6.45, 7) is 6.75. The number of carbonyl (C=O) groups excluding carboxylic acids is 2. The van der Waals surface area contributed by atoms with E-state index in [4.69, 9.17) is 5.11 Å². The number of allylic oxidation sites excluding steroid dienone is 2. The van der Waals surface area contributed by atoms with Crippen LogP contribution in [0.15, 0.2) is 12.2 Å². The van der Waals surface area contributed by atoms with E-state index in [1.807, 2.05) is 0 Å². The van der Waals surface area contributed by atoms with Gasteiger partial charge in [0.2, 0.25) is 0 Å². The topological polar surface area (TPSA) is 71.4 Å². The third-order valence-corrected chi connectivity index (χ3v) is 3.24. The molecule has 0 heterocycles. The zero-order valence-corrected chi connectivity index (χ0v) is 10.6. The van der Waals surface area contributed by atoms with Crippen LogP contribution >= 0.6 is 0 Å². The first-order valence-corrected chi connectivity index (χ1v) is 5.57. The molecule has 1 rings (SSSR count). The van der Waals surface area contributed by atoms with Crippen LogP contribution in [-0.4, -0.2) is 22.6 Å². The molecule has 4 heteroatoms. The van der Waals surface area contributed by atoms with Crippen molar-refractivity contribution in [1.29, 1.82) is 0 Å². The summed E-state index contributed by atoms with van der Waals surface area (Å²) in [5.41, 5.74) is -1.60. The predicted molar refractivity (Wildman–Crippen MR) is 62.5 cm³/mol. The van der Waals surface area contributed by atoms with E-state index in [9.17, 15) is 14.4 Å². The number of aliphatic carboxylic acids is 1. The van der Waals surface area contributed by atoms with Crippen molar-refractivity contribution in [2.24, 2.45) is 16.7 Å². The zero-order valence-electron chi connectivity index (χ0n) is 10.6. The van der Waals surface area contributed by atoms with Gasteiger partial charge in [0.05, 0.1) is 11.3 Å². The summed E-state index contributed by atoms with van der Waals surface area (Å²) in [5, 5.41) is 9.09. The molecule has 0 saturated carbocycles. The molecule has 0 atom stereocenters. The standard InChI is InChI=1S/C13H18O4/c1-12(2,7-13(3,4)11(16)17)10-8(14)5-6-9(10)15/h5-6,10H,7H2,1-4H3,(H,16,17). The Morgan fingerprint density at radius 1 is 1.18 bits per heavy atom. The van der Waals surface area contributed by atoms with Gasteiger partial charge in [-0.15, -0.1) is 0 Å². The highest BCUT2D eigenvalue weighted by molar-refractivity contribution is 6.19. The summed E-state index contributed by atoms with van der Waals surface area (Å²) >= 11 is 0. The Kier molecular flexibility index (Phi) is 3.28. The van der Waals surface area contributed by atoms with Gasteiger partial charge in [0, 0.05) is 0 Å². The molecule has 0 aromatic rings. The number of carboxylic acid groups (broad SMARTS) is 1. The first kappa shape index (κ1) is 13.6. The van der Waals surface area contributed by atoms with Crippen LogP contribution in [0.2, 0.25) is 0 Å². The largest absolute Gasteiger partial charge is 0.481 e. The van der Waals surface area contributed by atoms with Crippen LogP contribution in [0, 0.1) is 16.7 Å². The average molecular weight is 238 g/mol. The fraction of sp³-hybridized carbons (Fsp3) is 0.615. The SMILES string of the molecule is CC(C)(CC(C)(C)C1C(=O)C=CC1=O)C(=O)O. The molecule has 1 aliphatic carbocycles. The van der Waals surface area contributed by atoms with Crippen LogP contribution in [0.4, 0.5) is 0 Å². The minimum atomic E-state index is -0.952. The van der Waals surface area contributed by atoms with Crippen molar-refractivity contribution in [3.05, 3.63) is 12.2 Å². The van der Waals surface area contributed by atoms with Gasteiger partial charge in [-0.3, -0.25) is 14.4 Å². The van der Waals surface area contributed by atoms with Gasteiger partial charge in [-0.05, 0) is 37.8 Å². The molecule has 4 nitrogen and oxygen atoms in total. The van der Waals surface area contributed by atoms with E-state index in [1.54, 1.807) is 27.7 Å².